The summed E-state index contributed by atoms with van der Waals surface area (Å²) in [5, 5.41) is 4.78. The molecule has 0 fully saturated rings. The molecule has 0 unspecified atom stereocenters. The first kappa shape index (κ1) is 21.2. The highest BCUT2D eigenvalue weighted by Crippen LogP contribution is 2.25. The molecule has 0 atom stereocenters. The number of halogens is 1. The molecule has 2 heterocycles. The number of hydrogen-bond donors (Lipinski definition) is 0. The second-order valence-electron chi connectivity index (χ2n) is 7.37. The van der Waals surface area contributed by atoms with Crippen molar-refractivity contribution in [1.82, 2.24) is 19.6 Å². The second kappa shape index (κ2) is 9.31. The van der Waals surface area contributed by atoms with Crippen molar-refractivity contribution in [3.8, 4) is 5.75 Å². The van der Waals surface area contributed by atoms with Crippen LogP contribution in [0.1, 0.15) is 45.7 Å². The van der Waals surface area contributed by atoms with E-state index in [0.717, 1.165) is 18.5 Å². The highest BCUT2D eigenvalue weighted by Gasteiger charge is 2.22. The van der Waals surface area contributed by atoms with Crippen LogP contribution >= 0.6 is 11.6 Å². The van der Waals surface area contributed by atoms with Crippen LogP contribution in [-0.2, 0) is 7.05 Å². The standard InChI is InChI=1S/C21H27ClN4O3/c1-15-18(14-25(3)23-15)21(28)26-10-5-4-9-24(2)20(27)17-13-16(22)7-8-19(17)29-12-6-11-26/h7-8,13-14H,4-6,9-12H2,1-3H3. The van der Waals surface area contributed by atoms with Crippen molar-refractivity contribution < 1.29 is 14.3 Å². The minimum atomic E-state index is -0.110. The van der Waals surface area contributed by atoms with Gasteiger partial charge in [-0.3, -0.25) is 14.3 Å². The van der Waals surface area contributed by atoms with Crippen LogP contribution in [0.2, 0.25) is 5.02 Å². The summed E-state index contributed by atoms with van der Waals surface area (Å²) in [6, 6.07) is 5.09. The Hall–Kier alpha value is -2.54. The molecule has 1 aromatic carbocycles. The molecule has 0 radical (unpaired) electrons. The zero-order valence-electron chi connectivity index (χ0n) is 17.2. The van der Waals surface area contributed by atoms with Crippen LogP contribution in [0.3, 0.4) is 0 Å². The Bertz CT molecular complexity index is 896. The van der Waals surface area contributed by atoms with Gasteiger partial charge in [0.15, 0.2) is 0 Å². The fourth-order valence-corrected chi connectivity index (χ4v) is 3.66. The van der Waals surface area contributed by atoms with Crippen LogP contribution in [0.5, 0.6) is 5.75 Å². The van der Waals surface area contributed by atoms with Crippen LogP contribution in [0.15, 0.2) is 24.4 Å². The lowest BCUT2D eigenvalue weighted by Gasteiger charge is -2.23. The van der Waals surface area contributed by atoms with E-state index in [9.17, 15) is 9.59 Å². The Morgan fingerprint density at radius 3 is 2.59 bits per heavy atom. The topological polar surface area (TPSA) is 67.7 Å². The molecular weight excluding hydrogens is 392 g/mol. The average molecular weight is 419 g/mol. The summed E-state index contributed by atoms with van der Waals surface area (Å²) in [6.45, 7) is 4.06. The third-order valence-corrected chi connectivity index (χ3v) is 5.29. The van der Waals surface area contributed by atoms with Gasteiger partial charge < -0.3 is 14.5 Å². The fraction of sp³-hybridized carbons (Fsp3) is 0.476. The Morgan fingerprint density at radius 2 is 1.86 bits per heavy atom. The van der Waals surface area contributed by atoms with Gasteiger partial charge in [0.1, 0.15) is 5.75 Å². The summed E-state index contributed by atoms with van der Waals surface area (Å²) in [4.78, 5) is 29.4. The van der Waals surface area contributed by atoms with Crippen molar-refractivity contribution in [2.45, 2.75) is 26.2 Å². The number of benzene rings is 1. The van der Waals surface area contributed by atoms with Crippen LogP contribution < -0.4 is 4.74 Å². The average Bonchev–Trinajstić information content (AvgIpc) is 3.03. The molecule has 3 rings (SSSR count). The van der Waals surface area contributed by atoms with Crippen molar-refractivity contribution in [2.24, 2.45) is 7.05 Å². The molecule has 0 spiro atoms. The molecule has 2 aromatic rings. The van der Waals surface area contributed by atoms with Crippen LogP contribution in [0, 0.1) is 6.92 Å². The van der Waals surface area contributed by atoms with Gasteiger partial charge in [0, 0.05) is 44.9 Å². The Morgan fingerprint density at radius 1 is 1.14 bits per heavy atom. The van der Waals surface area contributed by atoms with Gasteiger partial charge in [-0.15, -0.1) is 0 Å². The van der Waals surface area contributed by atoms with Crippen molar-refractivity contribution in [2.75, 3.05) is 33.3 Å². The van der Waals surface area contributed by atoms with E-state index in [-0.39, 0.29) is 11.8 Å². The maximum Gasteiger partial charge on any atom is 0.257 e. The largest absolute Gasteiger partial charge is 0.493 e. The van der Waals surface area contributed by atoms with E-state index in [1.165, 1.54) is 0 Å². The van der Waals surface area contributed by atoms with Crippen LogP contribution in [-0.4, -0.2) is 64.7 Å². The number of hydrogen-bond acceptors (Lipinski definition) is 4. The number of nitrogens with zero attached hydrogens (tertiary/aromatic N) is 4. The number of carbonyl (C=O) groups is 2. The van der Waals surface area contributed by atoms with Crippen molar-refractivity contribution in [1.29, 1.82) is 0 Å². The summed E-state index contributed by atoms with van der Waals surface area (Å²) in [6.07, 6.45) is 4.04. The minimum absolute atomic E-state index is 0.0120. The molecule has 0 aliphatic carbocycles. The lowest BCUT2D eigenvalue weighted by atomic mass is 10.1. The lowest BCUT2D eigenvalue weighted by Crippen LogP contribution is -2.34. The molecule has 0 N–H and O–H groups in total. The first-order valence-corrected chi connectivity index (χ1v) is 10.2. The number of amides is 2. The third kappa shape index (κ3) is 5.09. The first-order valence-electron chi connectivity index (χ1n) is 9.84. The smallest absolute Gasteiger partial charge is 0.257 e. The first-order chi connectivity index (χ1) is 13.9. The molecular formula is C21H27ClN4O3. The third-order valence-electron chi connectivity index (χ3n) is 5.05. The SMILES string of the molecule is Cc1nn(C)cc1C(=O)N1CCCCN(C)C(=O)c2cc(Cl)ccc2OCCC1. The molecule has 1 aliphatic rings. The van der Waals surface area contributed by atoms with Gasteiger partial charge in [0.25, 0.3) is 11.8 Å². The molecule has 156 valence electrons. The van der Waals surface area contributed by atoms with E-state index >= 15 is 0 Å². The number of ether oxygens (including phenoxy) is 1. The number of carbonyl (C=O) groups excluding carboxylic acids is 2. The summed E-state index contributed by atoms with van der Waals surface area (Å²) < 4.78 is 7.54. The molecule has 2 amide bonds. The number of aromatic nitrogens is 2. The lowest BCUT2D eigenvalue weighted by molar-refractivity contribution is 0.0735. The Kier molecular flexibility index (Phi) is 6.79. The Labute approximate surface area is 176 Å². The molecule has 0 bridgehead atoms. The molecule has 0 saturated carbocycles. The monoisotopic (exact) mass is 418 g/mol. The van der Waals surface area contributed by atoms with Gasteiger partial charge in [-0.25, -0.2) is 0 Å². The summed E-state index contributed by atoms with van der Waals surface area (Å²) in [7, 11) is 3.59. The second-order valence-corrected chi connectivity index (χ2v) is 7.81. The van der Waals surface area contributed by atoms with E-state index in [2.05, 4.69) is 5.10 Å². The fourth-order valence-electron chi connectivity index (χ4n) is 3.49. The van der Waals surface area contributed by atoms with Gasteiger partial charge in [-0.1, -0.05) is 11.6 Å². The number of fused-ring (bicyclic) bond motifs is 1. The maximum absolute atomic E-state index is 13.0. The highest BCUT2D eigenvalue weighted by atomic mass is 35.5. The van der Waals surface area contributed by atoms with Crippen molar-refractivity contribution in [3.05, 3.63) is 46.2 Å². The predicted molar refractivity (Wildman–Crippen MR) is 112 cm³/mol. The van der Waals surface area contributed by atoms with Gasteiger partial charge in [0.2, 0.25) is 0 Å². The van der Waals surface area contributed by atoms with E-state index in [0.29, 0.717) is 54.6 Å². The van der Waals surface area contributed by atoms with Gasteiger partial charge in [-0.05, 0) is 44.4 Å². The van der Waals surface area contributed by atoms with Crippen LogP contribution in [0.25, 0.3) is 0 Å². The normalized spacial score (nSPS) is 16.3. The molecule has 0 saturated heterocycles. The predicted octanol–water partition coefficient (Wildman–Crippen LogP) is 3.16. The zero-order valence-corrected chi connectivity index (χ0v) is 17.9. The van der Waals surface area contributed by atoms with Gasteiger partial charge in [0.05, 0.1) is 23.4 Å². The molecule has 8 heteroatoms. The molecule has 1 aliphatic heterocycles. The quantitative estimate of drug-likeness (QED) is 0.713. The van der Waals surface area contributed by atoms with E-state index < -0.39 is 0 Å². The summed E-state index contributed by atoms with van der Waals surface area (Å²) in [5.41, 5.74) is 1.83. The zero-order chi connectivity index (χ0) is 21.0. The summed E-state index contributed by atoms with van der Waals surface area (Å²) >= 11 is 6.09. The van der Waals surface area contributed by atoms with Crippen molar-refractivity contribution >= 4 is 23.4 Å². The molecule has 1 aromatic heterocycles. The van der Waals surface area contributed by atoms with Gasteiger partial charge in [-0.2, -0.15) is 5.10 Å². The number of rotatable bonds is 1. The maximum atomic E-state index is 13.0. The van der Waals surface area contributed by atoms with Crippen molar-refractivity contribution in [3.63, 3.8) is 0 Å². The van der Waals surface area contributed by atoms with E-state index in [1.54, 1.807) is 41.0 Å². The Balaban J connectivity index is 1.77. The minimum Gasteiger partial charge on any atom is -0.493 e. The molecule has 29 heavy (non-hydrogen) atoms. The molecule has 7 nitrogen and oxygen atoms in total. The number of aryl methyl sites for hydroxylation is 2. The van der Waals surface area contributed by atoms with E-state index in [4.69, 9.17) is 16.3 Å². The highest BCUT2D eigenvalue weighted by molar-refractivity contribution is 6.31. The van der Waals surface area contributed by atoms with Crippen LogP contribution in [0.4, 0.5) is 0 Å². The van der Waals surface area contributed by atoms with E-state index in [1.807, 2.05) is 18.9 Å². The van der Waals surface area contributed by atoms with Gasteiger partial charge >= 0.3 is 0 Å². The summed E-state index contributed by atoms with van der Waals surface area (Å²) in [5.74, 6) is 0.397.